The van der Waals surface area contributed by atoms with Crippen molar-refractivity contribution < 1.29 is 5.11 Å². The van der Waals surface area contributed by atoms with E-state index in [0.29, 0.717) is 11.5 Å². The first-order valence-corrected chi connectivity index (χ1v) is 4.79. The summed E-state index contributed by atoms with van der Waals surface area (Å²) in [5, 5.41) is 20.3. The lowest BCUT2D eigenvalue weighted by Crippen LogP contribution is -2.05. The Labute approximate surface area is 88.6 Å². The molecule has 0 atom stereocenters. The molecule has 0 radical (unpaired) electrons. The number of aliphatic hydroxyl groups excluding tert-OH is 1. The van der Waals surface area contributed by atoms with Crippen LogP contribution < -0.4 is 11.1 Å². The van der Waals surface area contributed by atoms with E-state index < -0.39 is 0 Å². The minimum atomic E-state index is 0.195. The summed E-state index contributed by atoms with van der Waals surface area (Å²) in [6, 6.07) is 5.31. The minimum Gasteiger partial charge on any atom is -0.396 e. The molecule has 0 aliphatic carbocycles. The van der Waals surface area contributed by atoms with Crippen molar-refractivity contribution in [3.63, 3.8) is 0 Å². The fourth-order valence-corrected chi connectivity index (χ4v) is 1.11. The molecule has 4 N–H and O–H groups in total. The van der Waals surface area contributed by atoms with E-state index in [0.717, 1.165) is 19.4 Å². The molecular weight excluding hydrogens is 192 g/mol. The number of nitrogen functional groups attached to an aromatic ring is 1. The number of rotatable bonds is 5. The number of aromatic nitrogens is 1. The Bertz CT molecular complexity index is 359. The number of unbranched alkanes of at least 4 members (excludes halogenated alkanes) is 1. The smallest absolute Gasteiger partial charge is 0.165 e. The molecule has 0 amide bonds. The van der Waals surface area contributed by atoms with Crippen LogP contribution in [-0.2, 0) is 0 Å². The first-order chi connectivity index (χ1) is 7.27. The van der Waals surface area contributed by atoms with Crippen LogP contribution in [0.4, 0.5) is 11.5 Å². The van der Waals surface area contributed by atoms with Gasteiger partial charge in [-0.25, -0.2) is 4.98 Å². The highest BCUT2D eigenvalue weighted by atomic mass is 16.2. The van der Waals surface area contributed by atoms with Gasteiger partial charge in [-0.3, -0.25) is 0 Å². The third-order valence-corrected chi connectivity index (χ3v) is 1.92. The maximum atomic E-state index is 8.70. The number of pyridine rings is 1. The van der Waals surface area contributed by atoms with Gasteiger partial charge in [0.05, 0.1) is 5.69 Å². The van der Waals surface area contributed by atoms with E-state index >= 15 is 0 Å². The topological polar surface area (TPSA) is 95.0 Å². The van der Waals surface area contributed by atoms with Crippen LogP contribution in [0.3, 0.4) is 0 Å². The first-order valence-electron chi connectivity index (χ1n) is 4.79. The van der Waals surface area contributed by atoms with Gasteiger partial charge >= 0.3 is 0 Å². The molecule has 1 aromatic rings. The van der Waals surface area contributed by atoms with Crippen molar-refractivity contribution in [2.75, 3.05) is 24.2 Å². The molecule has 1 rings (SSSR count). The van der Waals surface area contributed by atoms with Gasteiger partial charge < -0.3 is 16.2 Å². The van der Waals surface area contributed by atoms with Crippen LogP contribution in [0.1, 0.15) is 18.5 Å². The van der Waals surface area contributed by atoms with Crippen LogP contribution >= 0.6 is 0 Å². The van der Waals surface area contributed by atoms with Crippen molar-refractivity contribution in [1.82, 2.24) is 4.98 Å². The molecule has 0 bridgehead atoms. The summed E-state index contributed by atoms with van der Waals surface area (Å²) in [6.07, 6.45) is 1.62. The predicted octanol–water partition coefficient (Wildman–Crippen LogP) is 0.720. The molecule has 0 unspecified atom stereocenters. The number of hydrogen-bond acceptors (Lipinski definition) is 5. The third-order valence-electron chi connectivity index (χ3n) is 1.92. The summed E-state index contributed by atoms with van der Waals surface area (Å²) in [4.78, 5) is 4.03. The number of anilines is 2. The minimum absolute atomic E-state index is 0.195. The van der Waals surface area contributed by atoms with Crippen molar-refractivity contribution >= 4 is 11.5 Å². The van der Waals surface area contributed by atoms with E-state index in [1.807, 2.05) is 6.07 Å². The van der Waals surface area contributed by atoms with E-state index in [1.165, 1.54) is 0 Å². The normalized spacial score (nSPS) is 9.60. The van der Waals surface area contributed by atoms with Crippen molar-refractivity contribution in [1.29, 1.82) is 5.26 Å². The average Bonchev–Trinajstić information content (AvgIpc) is 2.26. The van der Waals surface area contributed by atoms with Crippen LogP contribution in [0.15, 0.2) is 12.1 Å². The molecule has 0 fully saturated rings. The Morgan fingerprint density at radius 2 is 2.27 bits per heavy atom. The molecule has 0 saturated heterocycles. The largest absolute Gasteiger partial charge is 0.396 e. The van der Waals surface area contributed by atoms with Gasteiger partial charge in [0.25, 0.3) is 0 Å². The molecule has 1 heterocycles. The fourth-order valence-electron chi connectivity index (χ4n) is 1.11. The Balaban J connectivity index is 2.52. The molecule has 5 nitrogen and oxygen atoms in total. The maximum Gasteiger partial charge on any atom is 0.165 e. The van der Waals surface area contributed by atoms with E-state index in [-0.39, 0.29) is 12.3 Å². The number of hydrogen-bond donors (Lipinski definition) is 3. The zero-order valence-electron chi connectivity index (χ0n) is 8.40. The highest BCUT2D eigenvalue weighted by Crippen LogP contribution is 2.11. The van der Waals surface area contributed by atoms with Gasteiger partial charge in [-0.1, -0.05) is 0 Å². The Morgan fingerprint density at radius 1 is 1.47 bits per heavy atom. The fraction of sp³-hybridized carbons (Fsp3) is 0.400. The van der Waals surface area contributed by atoms with Crippen LogP contribution in [0.25, 0.3) is 0 Å². The number of nitrogens with one attached hydrogen (secondary N) is 1. The summed E-state index contributed by atoms with van der Waals surface area (Å²) in [5.41, 5.74) is 6.16. The first kappa shape index (κ1) is 11.3. The SMILES string of the molecule is N#Cc1nc(NCCCCO)ccc1N. The van der Waals surface area contributed by atoms with Gasteiger partial charge in [0.2, 0.25) is 0 Å². The lowest BCUT2D eigenvalue weighted by Gasteiger charge is -2.05. The Kier molecular flexibility index (Phi) is 4.38. The zero-order chi connectivity index (χ0) is 11.1. The van der Waals surface area contributed by atoms with Crippen molar-refractivity contribution in [3.05, 3.63) is 17.8 Å². The predicted molar refractivity (Wildman–Crippen MR) is 58.2 cm³/mol. The van der Waals surface area contributed by atoms with E-state index in [2.05, 4.69) is 10.3 Å². The highest BCUT2D eigenvalue weighted by molar-refractivity contribution is 5.54. The number of nitrogens with two attached hydrogens (primary N) is 1. The molecule has 15 heavy (non-hydrogen) atoms. The van der Waals surface area contributed by atoms with Crippen LogP contribution in [0.2, 0.25) is 0 Å². The molecular formula is C10H14N4O. The lowest BCUT2D eigenvalue weighted by molar-refractivity contribution is 0.286. The van der Waals surface area contributed by atoms with E-state index in [4.69, 9.17) is 16.1 Å². The van der Waals surface area contributed by atoms with Gasteiger partial charge in [0, 0.05) is 13.2 Å². The molecule has 1 aromatic heterocycles. The van der Waals surface area contributed by atoms with Crippen LogP contribution in [-0.4, -0.2) is 23.2 Å². The second-order valence-electron chi connectivity index (χ2n) is 3.10. The van der Waals surface area contributed by atoms with Gasteiger partial charge in [-0.05, 0) is 25.0 Å². The molecule has 5 heteroatoms. The molecule has 0 aliphatic heterocycles. The summed E-state index contributed by atoms with van der Waals surface area (Å²) < 4.78 is 0. The molecule has 0 aromatic carbocycles. The van der Waals surface area contributed by atoms with Gasteiger partial charge in [0.15, 0.2) is 5.69 Å². The van der Waals surface area contributed by atoms with Gasteiger partial charge in [-0.15, -0.1) is 0 Å². The van der Waals surface area contributed by atoms with E-state index in [9.17, 15) is 0 Å². The quantitative estimate of drug-likeness (QED) is 0.617. The maximum absolute atomic E-state index is 8.70. The molecule has 80 valence electrons. The van der Waals surface area contributed by atoms with Crippen molar-refractivity contribution in [3.8, 4) is 6.07 Å². The van der Waals surface area contributed by atoms with Crippen molar-refractivity contribution in [2.45, 2.75) is 12.8 Å². The second-order valence-corrected chi connectivity index (χ2v) is 3.10. The van der Waals surface area contributed by atoms with Gasteiger partial charge in [0.1, 0.15) is 11.9 Å². The Morgan fingerprint density at radius 3 is 2.93 bits per heavy atom. The van der Waals surface area contributed by atoms with Crippen LogP contribution in [0.5, 0.6) is 0 Å². The standard InChI is InChI=1S/C10H14N4O/c11-7-9-8(12)3-4-10(14-9)13-5-1-2-6-15/h3-4,15H,1-2,5-6,12H2,(H,13,14). The summed E-state index contributed by atoms with van der Waals surface area (Å²) in [6.45, 7) is 0.919. The molecule has 0 spiro atoms. The van der Waals surface area contributed by atoms with E-state index in [1.54, 1.807) is 12.1 Å². The number of nitrogens with zero attached hydrogens (tertiary/aromatic N) is 2. The van der Waals surface area contributed by atoms with Crippen molar-refractivity contribution in [2.24, 2.45) is 0 Å². The molecule has 0 aliphatic rings. The zero-order valence-corrected chi connectivity index (χ0v) is 8.40. The summed E-state index contributed by atoms with van der Waals surface area (Å²) >= 11 is 0. The van der Waals surface area contributed by atoms with Crippen LogP contribution in [0, 0.1) is 11.3 Å². The second kappa shape index (κ2) is 5.83. The summed E-state index contributed by atoms with van der Waals surface area (Å²) in [7, 11) is 0. The molecule has 0 saturated carbocycles. The number of nitriles is 1. The lowest BCUT2D eigenvalue weighted by atomic mass is 10.3. The summed E-state index contributed by atoms with van der Waals surface area (Å²) in [5.74, 6) is 0.638. The Hall–Kier alpha value is -1.80. The third kappa shape index (κ3) is 3.44. The monoisotopic (exact) mass is 206 g/mol. The average molecular weight is 206 g/mol. The highest BCUT2D eigenvalue weighted by Gasteiger charge is 2.00. The van der Waals surface area contributed by atoms with Gasteiger partial charge in [-0.2, -0.15) is 5.26 Å². The number of aliphatic hydroxyl groups is 1.